The van der Waals surface area contributed by atoms with Gasteiger partial charge in [-0.15, -0.1) is 0 Å². The predicted molar refractivity (Wildman–Crippen MR) is 77.6 cm³/mol. The second-order valence-electron chi connectivity index (χ2n) is 4.79. The summed E-state index contributed by atoms with van der Waals surface area (Å²) in [7, 11) is 0. The Bertz CT molecular complexity index is 599. The Morgan fingerprint density at radius 3 is 2.19 bits per heavy atom. The van der Waals surface area contributed by atoms with E-state index in [1.807, 2.05) is 11.8 Å². The van der Waals surface area contributed by atoms with Crippen LogP contribution in [0, 0.1) is 17.5 Å². The maximum atomic E-state index is 13.7. The smallest absolute Gasteiger partial charge is 0.130 e. The average Bonchev–Trinajstić information content (AvgIpc) is 2.45. The normalized spacial score (nSPS) is 12.2. The van der Waals surface area contributed by atoms with E-state index in [0.717, 1.165) is 11.8 Å². The Kier molecular flexibility index (Phi) is 4.85. The summed E-state index contributed by atoms with van der Waals surface area (Å²) in [5.74, 6) is -1.60. The summed E-state index contributed by atoms with van der Waals surface area (Å²) >= 11 is 0. The summed E-state index contributed by atoms with van der Waals surface area (Å²) in [6.45, 7) is 2.92. The van der Waals surface area contributed by atoms with Gasteiger partial charge in [-0.2, -0.15) is 0 Å². The van der Waals surface area contributed by atoms with Gasteiger partial charge in [0.1, 0.15) is 17.5 Å². The van der Waals surface area contributed by atoms with Crippen molar-refractivity contribution < 1.29 is 13.2 Å². The van der Waals surface area contributed by atoms with Gasteiger partial charge < -0.3 is 10.6 Å². The standard InChI is InChI=1S/C16H17F3N2/c1-2-21(13-6-3-11(17)4-7-13)10-16(20)14-8-5-12(18)9-15(14)19/h3-9,16H,2,10,20H2,1H3. The molecule has 2 aromatic carbocycles. The molecule has 1 atom stereocenters. The zero-order chi connectivity index (χ0) is 15.4. The Balaban J connectivity index is 2.15. The molecule has 0 fully saturated rings. The molecule has 5 heteroatoms. The Hall–Kier alpha value is -2.01. The zero-order valence-corrected chi connectivity index (χ0v) is 11.7. The van der Waals surface area contributed by atoms with Crippen LogP contribution in [0.5, 0.6) is 0 Å². The van der Waals surface area contributed by atoms with Crippen LogP contribution in [0.1, 0.15) is 18.5 Å². The van der Waals surface area contributed by atoms with Crippen molar-refractivity contribution in [3.05, 3.63) is 65.5 Å². The molecule has 2 nitrogen and oxygen atoms in total. The largest absolute Gasteiger partial charge is 0.370 e. The quantitative estimate of drug-likeness (QED) is 0.912. The van der Waals surface area contributed by atoms with E-state index >= 15 is 0 Å². The van der Waals surface area contributed by atoms with Crippen LogP contribution in [0.15, 0.2) is 42.5 Å². The van der Waals surface area contributed by atoms with Crippen molar-refractivity contribution in [1.82, 2.24) is 0 Å². The molecule has 0 aromatic heterocycles. The van der Waals surface area contributed by atoms with E-state index < -0.39 is 17.7 Å². The Labute approximate surface area is 122 Å². The van der Waals surface area contributed by atoms with Gasteiger partial charge in [0.2, 0.25) is 0 Å². The van der Waals surface area contributed by atoms with E-state index in [-0.39, 0.29) is 11.4 Å². The minimum atomic E-state index is -0.655. The molecule has 112 valence electrons. The molecule has 1 unspecified atom stereocenters. The molecule has 0 radical (unpaired) electrons. The van der Waals surface area contributed by atoms with Crippen LogP contribution in [-0.2, 0) is 0 Å². The van der Waals surface area contributed by atoms with Crippen molar-refractivity contribution in [1.29, 1.82) is 0 Å². The van der Waals surface area contributed by atoms with Gasteiger partial charge in [0.05, 0.1) is 6.04 Å². The summed E-state index contributed by atoms with van der Waals surface area (Å²) < 4.78 is 39.6. The maximum Gasteiger partial charge on any atom is 0.130 e. The monoisotopic (exact) mass is 294 g/mol. The van der Waals surface area contributed by atoms with Gasteiger partial charge in [-0.25, -0.2) is 13.2 Å². The first kappa shape index (κ1) is 15.4. The molecular weight excluding hydrogens is 277 g/mol. The highest BCUT2D eigenvalue weighted by atomic mass is 19.1. The number of nitrogens with zero attached hydrogens (tertiary/aromatic N) is 1. The minimum absolute atomic E-state index is 0.261. The fourth-order valence-corrected chi connectivity index (χ4v) is 2.21. The van der Waals surface area contributed by atoms with Gasteiger partial charge in [-0.1, -0.05) is 6.07 Å². The number of likely N-dealkylation sites (N-methyl/N-ethyl adjacent to an activating group) is 1. The third-order valence-corrected chi connectivity index (χ3v) is 3.35. The predicted octanol–water partition coefficient (Wildman–Crippen LogP) is 3.63. The molecule has 0 aliphatic rings. The van der Waals surface area contributed by atoms with E-state index in [4.69, 9.17) is 5.73 Å². The van der Waals surface area contributed by atoms with Crippen molar-refractivity contribution in [3.8, 4) is 0 Å². The van der Waals surface area contributed by atoms with Crippen molar-refractivity contribution in [2.45, 2.75) is 13.0 Å². The first-order valence-electron chi connectivity index (χ1n) is 6.72. The average molecular weight is 294 g/mol. The van der Waals surface area contributed by atoms with Crippen LogP contribution in [0.3, 0.4) is 0 Å². The lowest BCUT2D eigenvalue weighted by Gasteiger charge is -2.27. The van der Waals surface area contributed by atoms with Gasteiger partial charge in [0.25, 0.3) is 0 Å². The number of hydrogen-bond acceptors (Lipinski definition) is 2. The third-order valence-electron chi connectivity index (χ3n) is 3.35. The highest BCUT2D eigenvalue weighted by Crippen LogP contribution is 2.21. The molecule has 0 saturated carbocycles. The fourth-order valence-electron chi connectivity index (χ4n) is 2.21. The lowest BCUT2D eigenvalue weighted by molar-refractivity contribution is 0.551. The van der Waals surface area contributed by atoms with Crippen molar-refractivity contribution in [2.24, 2.45) is 5.73 Å². The lowest BCUT2D eigenvalue weighted by atomic mass is 10.1. The fraction of sp³-hybridized carbons (Fsp3) is 0.250. The summed E-state index contributed by atoms with van der Waals surface area (Å²) in [5, 5.41) is 0. The molecule has 0 aliphatic heterocycles. The van der Waals surface area contributed by atoms with Gasteiger partial charge >= 0.3 is 0 Å². The molecule has 0 aliphatic carbocycles. The van der Waals surface area contributed by atoms with Crippen LogP contribution in [-0.4, -0.2) is 13.1 Å². The summed E-state index contributed by atoms with van der Waals surface area (Å²) in [5.41, 5.74) is 7.08. The summed E-state index contributed by atoms with van der Waals surface area (Å²) in [6.07, 6.45) is 0. The second-order valence-corrected chi connectivity index (χ2v) is 4.79. The number of benzene rings is 2. The van der Waals surface area contributed by atoms with E-state index in [9.17, 15) is 13.2 Å². The molecule has 0 amide bonds. The molecule has 2 aromatic rings. The van der Waals surface area contributed by atoms with Crippen LogP contribution in [0.25, 0.3) is 0 Å². The molecule has 21 heavy (non-hydrogen) atoms. The first-order valence-corrected chi connectivity index (χ1v) is 6.72. The number of anilines is 1. The van der Waals surface area contributed by atoms with E-state index in [1.165, 1.54) is 24.3 Å². The van der Waals surface area contributed by atoms with Gasteiger partial charge in [0.15, 0.2) is 0 Å². The first-order chi connectivity index (χ1) is 10.0. The van der Waals surface area contributed by atoms with E-state index in [2.05, 4.69) is 0 Å². The van der Waals surface area contributed by atoms with Crippen LogP contribution < -0.4 is 10.6 Å². The molecule has 0 spiro atoms. The molecule has 0 saturated heterocycles. The summed E-state index contributed by atoms with van der Waals surface area (Å²) in [4.78, 5) is 1.91. The third kappa shape index (κ3) is 3.76. The molecular formula is C16H17F3N2. The van der Waals surface area contributed by atoms with Crippen LogP contribution in [0.4, 0.5) is 18.9 Å². The molecule has 2 rings (SSSR count). The molecule has 2 N–H and O–H groups in total. The molecule has 0 bridgehead atoms. The summed E-state index contributed by atoms with van der Waals surface area (Å²) in [6, 6.07) is 8.78. The minimum Gasteiger partial charge on any atom is -0.370 e. The lowest BCUT2D eigenvalue weighted by Crippen LogP contribution is -2.32. The maximum absolute atomic E-state index is 13.7. The van der Waals surface area contributed by atoms with Crippen LogP contribution >= 0.6 is 0 Å². The van der Waals surface area contributed by atoms with E-state index in [0.29, 0.717) is 13.1 Å². The van der Waals surface area contributed by atoms with Gasteiger partial charge in [-0.3, -0.25) is 0 Å². The van der Waals surface area contributed by atoms with Crippen molar-refractivity contribution in [3.63, 3.8) is 0 Å². The van der Waals surface area contributed by atoms with Crippen molar-refractivity contribution in [2.75, 3.05) is 18.0 Å². The number of rotatable bonds is 5. The highest BCUT2D eigenvalue weighted by Gasteiger charge is 2.16. The number of nitrogens with two attached hydrogens (primary N) is 1. The topological polar surface area (TPSA) is 29.3 Å². The van der Waals surface area contributed by atoms with E-state index in [1.54, 1.807) is 12.1 Å². The van der Waals surface area contributed by atoms with Gasteiger partial charge in [0, 0.05) is 30.4 Å². The van der Waals surface area contributed by atoms with Crippen molar-refractivity contribution >= 4 is 5.69 Å². The number of hydrogen-bond donors (Lipinski definition) is 1. The zero-order valence-electron chi connectivity index (χ0n) is 11.7. The van der Waals surface area contributed by atoms with Gasteiger partial charge in [-0.05, 0) is 37.3 Å². The Morgan fingerprint density at radius 2 is 1.62 bits per heavy atom. The SMILES string of the molecule is CCN(CC(N)c1ccc(F)cc1F)c1ccc(F)cc1. The second kappa shape index (κ2) is 6.63. The molecule has 0 heterocycles. The Morgan fingerprint density at radius 1 is 1.00 bits per heavy atom. The van der Waals surface area contributed by atoms with Crippen LogP contribution in [0.2, 0.25) is 0 Å². The number of halogens is 3. The highest BCUT2D eigenvalue weighted by molar-refractivity contribution is 5.46.